The first-order valence-electron chi connectivity index (χ1n) is 8.70. The molecule has 12 heteroatoms. The molecule has 10 nitrogen and oxygen atoms in total. The summed E-state index contributed by atoms with van der Waals surface area (Å²) in [6.45, 7) is 2.19. The van der Waals surface area contributed by atoms with E-state index in [1.54, 1.807) is 38.1 Å². The Labute approximate surface area is 175 Å². The van der Waals surface area contributed by atoms with Gasteiger partial charge in [-0.2, -0.15) is 16.8 Å². The van der Waals surface area contributed by atoms with Crippen molar-refractivity contribution in [3.63, 3.8) is 0 Å². The van der Waals surface area contributed by atoms with E-state index in [4.69, 9.17) is 13.9 Å². The molecule has 2 aromatic rings. The molecule has 0 bridgehead atoms. The van der Waals surface area contributed by atoms with Crippen LogP contribution in [0.25, 0.3) is 10.4 Å². The van der Waals surface area contributed by atoms with Crippen LogP contribution < -0.4 is 0 Å². The molecular formula is C18H21N3O7S2. The van der Waals surface area contributed by atoms with Crippen molar-refractivity contribution >= 4 is 20.2 Å². The molecule has 0 aliphatic carbocycles. The summed E-state index contributed by atoms with van der Waals surface area (Å²) in [5.41, 5.74) is 10.1. The van der Waals surface area contributed by atoms with Crippen molar-refractivity contribution in [1.82, 2.24) is 0 Å². The van der Waals surface area contributed by atoms with Gasteiger partial charge in [-0.05, 0) is 43.6 Å². The Morgan fingerprint density at radius 2 is 1.40 bits per heavy atom. The molecule has 0 saturated heterocycles. The number of aryl methyl sites for hydroxylation is 2. The summed E-state index contributed by atoms with van der Waals surface area (Å²) < 4.78 is 59.7. The fraction of sp³-hybridized carbons (Fsp3) is 0.333. The monoisotopic (exact) mass is 455 g/mol. The molecule has 1 N–H and O–H groups in total. The lowest BCUT2D eigenvalue weighted by Gasteiger charge is -2.21. The molecule has 0 saturated carbocycles. The van der Waals surface area contributed by atoms with Crippen molar-refractivity contribution in [2.75, 3.05) is 13.2 Å². The number of azide groups is 1. The molecule has 0 aliphatic heterocycles. The van der Waals surface area contributed by atoms with Crippen LogP contribution in [-0.2, 0) is 28.6 Å². The zero-order valence-electron chi connectivity index (χ0n) is 16.2. The van der Waals surface area contributed by atoms with Gasteiger partial charge in [-0.1, -0.05) is 40.5 Å². The first-order valence-corrected chi connectivity index (χ1v) is 11.5. The van der Waals surface area contributed by atoms with Gasteiger partial charge in [-0.25, -0.2) is 0 Å². The molecule has 0 spiro atoms. The molecule has 0 radical (unpaired) electrons. The molecule has 0 aliphatic rings. The van der Waals surface area contributed by atoms with E-state index >= 15 is 0 Å². The highest BCUT2D eigenvalue weighted by atomic mass is 32.2. The van der Waals surface area contributed by atoms with Crippen LogP contribution in [0.1, 0.15) is 11.1 Å². The molecule has 30 heavy (non-hydrogen) atoms. The minimum absolute atomic E-state index is 0.141. The van der Waals surface area contributed by atoms with E-state index < -0.39 is 45.6 Å². The van der Waals surface area contributed by atoms with Crippen LogP contribution >= 0.6 is 0 Å². The summed E-state index contributed by atoms with van der Waals surface area (Å²) in [5, 5.41) is 13.3. The Morgan fingerprint density at radius 1 is 0.933 bits per heavy atom. The number of benzene rings is 2. The van der Waals surface area contributed by atoms with Gasteiger partial charge in [0.05, 0.1) is 29.0 Å². The van der Waals surface area contributed by atoms with Gasteiger partial charge in [0.15, 0.2) is 0 Å². The molecule has 0 aromatic heterocycles. The standard InChI is InChI=1S/C18H21N3O7S2/c1-13-3-7-15(8-4-13)29(23,24)27-12-18(17(22)11-20-21-19)28-30(25,26)16-9-5-14(2)6-10-16/h3-10,17-18,22H,11-12H2,1-2H3/t17-,18+/m0/s1. The topological polar surface area (TPSA) is 156 Å². The van der Waals surface area contributed by atoms with E-state index in [1.807, 2.05) is 0 Å². The number of aliphatic hydroxyl groups is 1. The molecule has 0 unspecified atom stereocenters. The number of hydrogen-bond acceptors (Lipinski definition) is 8. The summed E-state index contributed by atoms with van der Waals surface area (Å²) in [7, 11) is -8.60. The Bertz CT molecular complexity index is 1110. The Balaban J connectivity index is 2.23. The van der Waals surface area contributed by atoms with Crippen molar-refractivity contribution in [1.29, 1.82) is 0 Å². The van der Waals surface area contributed by atoms with Gasteiger partial charge in [-0.15, -0.1) is 0 Å². The molecule has 2 rings (SSSR count). The third kappa shape index (κ3) is 6.52. The van der Waals surface area contributed by atoms with Gasteiger partial charge in [-0.3, -0.25) is 8.37 Å². The van der Waals surface area contributed by atoms with E-state index in [1.165, 1.54) is 24.3 Å². The third-order valence-electron chi connectivity index (χ3n) is 4.02. The molecule has 2 atom stereocenters. The van der Waals surface area contributed by atoms with Gasteiger partial charge >= 0.3 is 0 Å². The fourth-order valence-electron chi connectivity index (χ4n) is 2.29. The van der Waals surface area contributed by atoms with Crippen LogP contribution in [0, 0.1) is 13.8 Å². The lowest BCUT2D eigenvalue weighted by molar-refractivity contribution is 0.0187. The maximum atomic E-state index is 12.5. The second kappa shape index (κ2) is 10.0. The van der Waals surface area contributed by atoms with Crippen LogP contribution in [0.5, 0.6) is 0 Å². The molecule has 0 amide bonds. The van der Waals surface area contributed by atoms with Gasteiger partial charge < -0.3 is 5.11 Å². The SMILES string of the molecule is Cc1ccc(S(=O)(=O)OC[C@@H](OS(=O)(=O)c2ccc(C)cc2)[C@@H](O)CN=[N+]=[N-])cc1. The molecule has 0 heterocycles. The number of nitrogens with zero attached hydrogens (tertiary/aromatic N) is 3. The highest BCUT2D eigenvalue weighted by Crippen LogP contribution is 2.19. The van der Waals surface area contributed by atoms with Crippen LogP contribution in [0.4, 0.5) is 0 Å². The second-order valence-electron chi connectivity index (χ2n) is 6.43. The Morgan fingerprint density at radius 3 is 1.87 bits per heavy atom. The zero-order valence-corrected chi connectivity index (χ0v) is 17.9. The van der Waals surface area contributed by atoms with E-state index in [0.717, 1.165) is 11.1 Å². The smallest absolute Gasteiger partial charge is 0.297 e. The number of aliphatic hydroxyl groups excluding tert-OH is 1. The molecular weight excluding hydrogens is 434 g/mol. The van der Waals surface area contributed by atoms with Crippen molar-refractivity contribution in [2.24, 2.45) is 5.11 Å². The van der Waals surface area contributed by atoms with Gasteiger partial charge in [0, 0.05) is 4.91 Å². The van der Waals surface area contributed by atoms with Crippen molar-refractivity contribution in [3.05, 3.63) is 70.1 Å². The van der Waals surface area contributed by atoms with Crippen LogP contribution in [0.15, 0.2) is 63.4 Å². The van der Waals surface area contributed by atoms with Crippen molar-refractivity contribution in [3.8, 4) is 0 Å². The average Bonchev–Trinajstić information content (AvgIpc) is 2.70. The highest BCUT2D eigenvalue weighted by Gasteiger charge is 2.30. The maximum absolute atomic E-state index is 12.5. The number of hydrogen-bond donors (Lipinski definition) is 1. The lowest BCUT2D eigenvalue weighted by atomic mass is 10.2. The van der Waals surface area contributed by atoms with Crippen LogP contribution in [0.3, 0.4) is 0 Å². The molecule has 2 aromatic carbocycles. The fourth-order valence-corrected chi connectivity index (χ4v) is 4.30. The van der Waals surface area contributed by atoms with Gasteiger partial charge in [0.2, 0.25) is 0 Å². The summed E-state index contributed by atoms with van der Waals surface area (Å²) in [4.78, 5) is 2.16. The quantitative estimate of drug-likeness (QED) is 0.249. The van der Waals surface area contributed by atoms with E-state index in [0.29, 0.717) is 0 Å². The predicted molar refractivity (Wildman–Crippen MR) is 108 cm³/mol. The van der Waals surface area contributed by atoms with E-state index in [2.05, 4.69) is 10.0 Å². The van der Waals surface area contributed by atoms with Crippen LogP contribution in [-0.4, -0.2) is 47.3 Å². The normalized spacial score (nSPS) is 14.0. The Hall–Kier alpha value is -2.47. The van der Waals surface area contributed by atoms with E-state index in [9.17, 15) is 21.9 Å². The van der Waals surface area contributed by atoms with E-state index in [-0.39, 0.29) is 9.79 Å². The molecule has 0 fully saturated rings. The highest BCUT2D eigenvalue weighted by molar-refractivity contribution is 7.87. The lowest BCUT2D eigenvalue weighted by Crippen LogP contribution is -2.38. The predicted octanol–water partition coefficient (Wildman–Crippen LogP) is 2.45. The summed E-state index contributed by atoms with van der Waals surface area (Å²) >= 11 is 0. The minimum atomic E-state index is -4.35. The van der Waals surface area contributed by atoms with Gasteiger partial charge in [0.1, 0.15) is 6.10 Å². The van der Waals surface area contributed by atoms with Crippen LogP contribution in [0.2, 0.25) is 0 Å². The minimum Gasteiger partial charge on any atom is -0.390 e. The average molecular weight is 456 g/mol. The molecule has 162 valence electrons. The maximum Gasteiger partial charge on any atom is 0.297 e. The zero-order chi connectivity index (χ0) is 22.4. The summed E-state index contributed by atoms with van der Waals surface area (Å²) in [6.07, 6.45) is -3.27. The second-order valence-corrected chi connectivity index (χ2v) is 9.62. The third-order valence-corrected chi connectivity index (χ3v) is 6.66. The first-order chi connectivity index (χ1) is 14.0. The summed E-state index contributed by atoms with van der Waals surface area (Å²) in [6, 6.07) is 11.5. The summed E-state index contributed by atoms with van der Waals surface area (Å²) in [5.74, 6) is 0. The van der Waals surface area contributed by atoms with Gasteiger partial charge in [0.25, 0.3) is 20.2 Å². The largest absolute Gasteiger partial charge is 0.390 e. The first kappa shape index (κ1) is 23.8. The van der Waals surface area contributed by atoms with Crippen molar-refractivity contribution in [2.45, 2.75) is 35.8 Å². The van der Waals surface area contributed by atoms with Crippen molar-refractivity contribution < 1.29 is 30.3 Å². The number of rotatable bonds is 10. The Kier molecular flexibility index (Phi) is 7.96.